The molecule has 1 saturated heterocycles. The summed E-state index contributed by atoms with van der Waals surface area (Å²) in [5.74, 6) is 1.68. The van der Waals surface area contributed by atoms with Gasteiger partial charge in [-0.3, -0.25) is 4.90 Å². The molecule has 0 unspecified atom stereocenters. The number of aliphatic hydroxyl groups excluding tert-OH is 1. The maximum atomic E-state index is 9.82. The van der Waals surface area contributed by atoms with Crippen LogP contribution >= 0.6 is 11.6 Å². The summed E-state index contributed by atoms with van der Waals surface area (Å²) in [6.45, 7) is 3.18. The summed E-state index contributed by atoms with van der Waals surface area (Å²) < 4.78 is 11.4. The highest BCUT2D eigenvalue weighted by molar-refractivity contribution is 6.33. The molecule has 0 saturated carbocycles. The Bertz CT molecular complexity index is 664. The first-order valence-electron chi connectivity index (χ1n) is 8.33. The van der Waals surface area contributed by atoms with E-state index in [4.69, 9.17) is 20.8 Å². The molecule has 0 radical (unpaired) electrons. The van der Waals surface area contributed by atoms with Gasteiger partial charge in [-0.1, -0.05) is 23.7 Å². The first-order chi connectivity index (χ1) is 11.6. The zero-order valence-electron chi connectivity index (χ0n) is 14.0. The molecular formula is C19H24ClNO3. The Labute approximate surface area is 148 Å². The largest absolute Gasteiger partial charge is 0.460 e. The first-order valence-corrected chi connectivity index (χ1v) is 8.70. The summed E-state index contributed by atoms with van der Waals surface area (Å²) >= 11 is 6.23. The summed E-state index contributed by atoms with van der Waals surface area (Å²) in [6, 6.07) is 11.6. The van der Waals surface area contributed by atoms with E-state index in [1.807, 2.05) is 36.4 Å². The molecule has 0 amide bonds. The van der Waals surface area contributed by atoms with Crippen molar-refractivity contribution in [1.29, 1.82) is 0 Å². The van der Waals surface area contributed by atoms with Gasteiger partial charge in [-0.15, -0.1) is 0 Å². The van der Waals surface area contributed by atoms with E-state index >= 15 is 0 Å². The highest BCUT2D eigenvalue weighted by Gasteiger charge is 2.33. The third-order valence-electron chi connectivity index (χ3n) is 4.72. The van der Waals surface area contributed by atoms with Gasteiger partial charge in [0.25, 0.3) is 0 Å². The lowest BCUT2D eigenvalue weighted by molar-refractivity contribution is -0.0324. The third kappa shape index (κ3) is 4.01. The second-order valence-electron chi connectivity index (χ2n) is 6.69. The van der Waals surface area contributed by atoms with Gasteiger partial charge >= 0.3 is 0 Å². The van der Waals surface area contributed by atoms with Crippen molar-refractivity contribution in [3.8, 4) is 11.3 Å². The summed E-state index contributed by atoms with van der Waals surface area (Å²) in [5.41, 5.74) is 0.842. The number of hydrogen-bond donors (Lipinski definition) is 1. The first kappa shape index (κ1) is 17.5. The Kier molecular flexibility index (Phi) is 5.61. The van der Waals surface area contributed by atoms with Gasteiger partial charge in [0.2, 0.25) is 0 Å². The van der Waals surface area contributed by atoms with Gasteiger partial charge < -0.3 is 14.3 Å². The Morgan fingerprint density at radius 1 is 1.17 bits per heavy atom. The van der Waals surface area contributed by atoms with E-state index in [0.29, 0.717) is 11.6 Å². The number of rotatable bonds is 6. The molecule has 3 rings (SSSR count). The summed E-state index contributed by atoms with van der Waals surface area (Å²) in [4.78, 5) is 2.21. The van der Waals surface area contributed by atoms with Crippen molar-refractivity contribution in [2.75, 3.05) is 33.4 Å². The molecule has 2 aromatic rings. The van der Waals surface area contributed by atoms with E-state index in [9.17, 15) is 5.11 Å². The van der Waals surface area contributed by atoms with Crippen LogP contribution in [0.2, 0.25) is 5.02 Å². The van der Waals surface area contributed by atoms with Crippen molar-refractivity contribution in [1.82, 2.24) is 4.90 Å². The van der Waals surface area contributed by atoms with Crippen LogP contribution in [0, 0.1) is 5.41 Å². The number of hydrogen-bond acceptors (Lipinski definition) is 4. The predicted molar refractivity (Wildman–Crippen MR) is 95.1 cm³/mol. The standard InChI is InChI=1S/C19H24ClNO3/c1-21(13-19(14-22)8-10-23-11-9-19)12-15-6-7-18(24-15)16-4-2-3-5-17(16)20/h2-7,22H,8-14H2,1H3. The van der Waals surface area contributed by atoms with Gasteiger partial charge in [-0.2, -0.15) is 0 Å². The van der Waals surface area contributed by atoms with E-state index in [1.165, 1.54) is 0 Å². The number of furan rings is 1. The molecule has 1 N–H and O–H groups in total. The van der Waals surface area contributed by atoms with Gasteiger partial charge in [0, 0.05) is 30.7 Å². The normalized spacial score (nSPS) is 17.3. The average Bonchev–Trinajstić information content (AvgIpc) is 3.04. The van der Waals surface area contributed by atoms with Crippen LogP contribution in [0.3, 0.4) is 0 Å². The Morgan fingerprint density at radius 3 is 2.62 bits per heavy atom. The van der Waals surface area contributed by atoms with Gasteiger partial charge in [-0.25, -0.2) is 0 Å². The van der Waals surface area contributed by atoms with Crippen molar-refractivity contribution in [2.24, 2.45) is 5.41 Å². The summed E-state index contributed by atoms with van der Waals surface area (Å²) in [5, 5.41) is 10.5. The van der Waals surface area contributed by atoms with Crippen LogP contribution < -0.4 is 0 Å². The molecule has 0 bridgehead atoms. The minimum atomic E-state index is -0.0643. The van der Waals surface area contributed by atoms with E-state index in [-0.39, 0.29) is 12.0 Å². The quantitative estimate of drug-likeness (QED) is 0.861. The molecule has 24 heavy (non-hydrogen) atoms. The SMILES string of the molecule is CN(Cc1ccc(-c2ccccc2Cl)o1)CC1(CO)CCOCC1. The summed E-state index contributed by atoms with van der Waals surface area (Å²) in [6.07, 6.45) is 1.80. The van der Waals surface area contributed by atoms with Crippen LogP contribution in [0.15, 0.2) is 40.8 Å². The highest BCUT2D eigenvalue weighted by Crippen LogP contribution is 2.32. The van der Waals surface area contributed by atoms with Crippen molar-refractivity contribution in [3.63, 3.8) is 0 Å². The smallest absolute Gasteiger partial charge is 0.135 e. The van der Waals surface area contributed by atoms with Gasteiger partial charge in [0.15, 0.2) is 0 Å². The Hall–Kier alpha value is -1.33. The molecule has 1 aromatic carbocycles. The van der Waals surface area contributed by atoms with Crippen LogP contribution in [0.4, 0.5) is 0 Å². The summed E-state index contributed by atoms with van der Waals surface area (Å²) in [7, 11) is 2.06. The van der Waals surface area contributed by atoms with Crippen molar-refractivity contribution in [3.05, 3.63) is 47.2 Å². The van der Waals surface area contributed by atoms with Gasteiger partial charge in [0.1, 0.15) is 11.5 Å². The maximum absolute atomic E-state index is 9.82. The zero-order chi connectivity index (χ0) is 17.0. The lowest BCUT2D eigenvalue weighted by Crippen LogP contribution is -2.42. The fourth-order valence-corrected chi connectivity index (χ4v) is 3.56. The van der Waals surface area contributed by atoms with Crippen LogP contribution in [-0.2, 0) is 11.3 Å². The van der Waals surface area contributed by atoms with E-state index in [0.717, 1.165) is 49.7 Å². The fourth-order valence-electron chi connectivity index (χ4n) is 3.33. The van der Waals surface area contributed by atoms with Gasteiger partial charge in [-0.05, 0) is 44.2 Å². The minimum Gasteiger partial charge on any atom is -0.460 e. The molecule has 0 aliphatic carbocycles. The highest BCUT2D eigenvalue weighted by atomic mass is 35.5. The van der Waals surface area contributed by atoms with Gasteiger partial charge in [0.05, 0.1) is 18.2 Å². The van der Waals surface area contributed by atoms with Crippen LogP contribution in [0.5, 0.6) is 0 Å². The fraction of sp³-hybridized carbons (Fsp3) is 0.474. The third-order valence-corrected chi connectivity index (χ3v) is 5.05. The topological polar surface area (TPSA) is 45.8 Å². The number of nitrogens with zero attached hydrogens (tertiary/aromatic N) is 1. The molecular weight excluding hydrogens is 326 g/mol. The van der Waals surface area contributed by atoms with Crippen LogP contribution in [-0.4, -0.2) is 43.4 Å². The number of halogens is 1. The molecule has 2 heterocycles. The van der Waals surface area contributed by atoms with E-state index < -0.39 is 0 Å². The number of aliphatic hydroxyl groups is 1. The molecule has 1 aromatic heterocycles. The minimum absolute atomic E-state index is 0.0643. The van der Waals surface area contributed by atoms with Crippen molar-refractivity contribution < 1.29 is 14.3 Å². The van der Waals surface area contributed by atoms with Crippen LogP contribution in [0.25, 0.3) is 11.3 Å². The van der Waals surface area contributed by atoms with Crippen molar-refractivity contribution >= 4 is 11.6 Å². The van der Waals surface area contributed by atoms with E-state index in [1.54, 1.807) is 0 Å². The zero-order valence-corrected chi connectivity index (χ0v) is 14.8. The number of ether oxygens (including phenoxy) is 1. The lowest BCUT2D eigenvalue weighted by Gasteiger charge is -2.38. The Morgan fingerprint density at radius 2 is 1.92 bits per heavy atom. The molecule has 0 spiro atoms. The molecule has 0 atom stereocenters. The maximum Gasteiger partial charge on any atom is 0.135 e. The monoisotopic (exact) mass is 349 g/mol. The number of benzene rings is 1. The Balaban J connectivity index is 1.65. The average molecular weight is 350 g/mol. The van der Waals surface area contributed by atoms with E-state index in [2.05, 4.69) is 11.9 Å². The second kappa shape index (κ2) is 7.70. The second-order valence-corrected chi connectivity index (χ2v) is 7.10. The molecule has 1 aliphatic rings. The lowest BCUT2D eigenvalue weighted by atomic mass is 9.80. The molecule has 1 fully saturated rings. The van der Waals surface area contributed by atoms with Crippen LogP contribution in [0.1, 0.15) is 18.6 Å². The molecule has 5 heteroatoms. The molecule has 4 nitrogen and oxygen atoms in total. The molecule has 130 valence electrons. The van der Waals surface area contributed by atoms with Crippen molar-refractivity contribution in [2.45, 2.75) is 19.4 Å². The molecule has 1 aliphatic heterocycles. The predicted octanol–water partition coefficient (Wildman–Crippen LogP) is 3.82.